The van der Waals surface area contributed by atoms with Gasteiger partial charge in [0.15, 0.2) is 0 Å². The Morgan fingerprint density at radius 1 is 1.33 bits per heavy atom. The lowest BCUT2D eigenvalue weighted by molar-refractivity contribution is 0.589. The highest BCUT2D eigenvalue weighted by Crippen LogP contribution is 2.22. The minimum Gasteiger partial charge on any atom is -0.334 e. The van der Waals surface area contributed by atoms with Crippen molar-refractivity contribution >= 4 is 0 Å². The fourth-order valence-corrected chi connectivity index (χ4v) is 2.03. The number of rotatable bonds is 4. The summed E-state index contributed by atoms with van der Waals surface area (Å²) in [6.07, 6.45) is 3.81. The number of aryl methyl sites for hydroxylation is 2. The molecule has 96 valence electrons. The highest BCUT2D eigenvalue weighted by Gasteiger charge is 2.07. The second-order valence-corrected chi connectivity index (χ2v) is 5.05. The van der Waals surface area contributed by atoms with Crippen LogP contribution in [-0.2, 0) is 13.6 Å². The molecule has 1 aromatic heterocycles. The zero-order chi connectivity index (χ0) is 13.1. The van der Waals surface area contributed by atoms with Gasteiger partial charge < -0.3 is 9.88 Å². The van der Waals surface area contributed by atoms with Gasteiger partial charge in [0.2, 0.25) is 0 Å². The molecule has 0 radical (unpaired) electrons. The first-order valence-corrected chi connectivity index (χ1v) is 6.38. The lowest BCUT2D eigenvalue weighted by Gasteiger charge is -2.11. The third-order valence-electron chi connectivity index (χ3n) is 3.07. The molecule has 3 heteroatoms. The van der Waals surface area contributed by atoms with Gasteiger partial charge in [-0.25, -0.2) is 4.98 Å². The zero-order valence-corrected chi connectivity index (χ0v) is 11.6. The van der Waals surface area contributed by atoms with E-state index in [0.717, 1.165) is 12.4 Å². The molecule has 0 aliphatic rings. The summed E-state index contributed by atoms with van der Waals surface area (Å²) in [7, 11) is 2.02. The number of aromatic nitrogens is 2. The number of hydrogen-bond donors (Lipinski definition) is 1. The van der Waals surface area contributed by atoms with Crippen LogP contribution in [0, 0.1) is 6.92 Å². The van der Waals surface area contributed by atoms with Crippen LogP contribution < -0.4 is 5.32 Å². The Kier molecular flexibility index (Phi) is 3.82. The molecule has 1 N–H and O–H groups in total. The van der Waals surface area contributed by atoms with Gasteiger partial charge in [-0.1, -0.05) is 32.0 Å². The molecule has 3 nitrogen and oxygen atoms in total. The van der Waals surface area contributed by atoms with Crippen molar-refractivity contribution in [1.82, 2.24) is 14.9 Å². The minimum atomic E-state index is 0.513. The summed E-state index contributed by atoms with van der Waals surface area (Å²) in [6.45, 7) is 7.38. The number of nitrogens with zero attached hydrogens (tertiary/aromatic N) is 2. The van der Waals surface area contributed by atoms with Gasteiger partial charge in [0.05, 0.1) is 0 Å². The molecule has 0 aliphatic carbocycles. The van der Waals surface area contributed by atoms with Crippen LogP contribution in [0.15, 0.2) is 30.6 Å². The first kappa shape index (κ1) is 12.8. The third-order valence-corrected chi connectivity index (χ3v) is 3.07. The van der Waals surface area contributed by atoms with Gasteiger partial charge >= 0.3 is 0 Å². The molecule has 0 saturated heterocycles. The average Bonchev–Trinajstić information content (AvgIpc) is 2.73. The normalized spacial score (nSPS) is 11.2. The Morgan fingerprint density at radius 2 is 2.11 bits per heavy atom. The highest BCUT2D eigenvalue weighted by atomic mass is 15.0. The van der Waals surface area contributed by atoms with Crippen LogP contribution >= 0.6 is 0 Å². The van der Waals surface area contributed by atoms with E-state index in [2.05, 4.69) is 49.3 Å². The summed E-state index contributed by atoms with van der Waals surface area (Å²) in [5.74, 6) is 1.02. The molecule has 18 heavy (non-hydrogen) atoms. The van der Waals surface area contributed by atoms with E-state index in [9.17, 15) is 0 Å². The molecule has 0 unspecified atom stereocenters. The monoisotopic (exact) mass is 243 g/mol. The van der Waals surface area contributed by atoms with E-state index >= 15 is 0 Å². The zero-order valence-electron chi connectivity index (χ0n) is 11.6. The fraction of sp³-hybridized carbons (Fsp3) is 0.400. The maximum Gasteiger partial charge on any atom is 0.139 e. The quantitative estimate of drug-likeness (QED) is 0.895. The topological polar surface area (TPSA) is 29.9 Å². The van der Waals surface area contributed by atoms with Crippen LogP contribution in [0.25, 0.3) is 11.4 Å². The van der Waals surface area contributed by atoms with Crippen LogP contribution in [0.1, 0.15) is 25.0 Å². The third kappa shape index (κ3) is 2.79. The van der Waals surface area contributed by atoms with Gasteiger partial charge in [-0.05, 0) is 18.1 Å². The van der Waals surface area contributed by atoms with E-state index < -0.39 is 0 Å². The SMILES string of the molecule is Cc1cc(CNC(C)C)ccc1-c1nccn1C. The Hall–Kier alpha value is -1.61. The van der Waals surface area contributed by atoms with Gasteiger partial charge in [0, 0.05) is 37.6 Å². The van der Waals surface area contributed by atoms with Crippen LogP contribution in [0.3, 0.4) is 0 Å². The maximum absolute atomic E-state index is 4.40. The van der Waals surface area contributed by atoms with Crippen molar-refractivity contribution in [2.75, 3.05) is 0 Å². The molecule has 0 bridgehead atoms. The molecule has 2 aromatic rings. The number of imidazole rings is 1. The van der Waals surface area contributed by atoms with Crippen molar-refractivity contribution in [2.24, 2.45) is 7.05 Å². The second kappa shape index (κ2) is 5.36. The summed E-state index contributed by atoms with van der Waals surface area (Å²) < 4.78 is 2.05. The first-order chi connectivity index (χ1) is 8.58. The Labute approximate surface area is 109 Å². The van der Waals surface area contributed by atoms with Crippen molar-refractivity contribution < 1.29 is 0 Å². The number of benzene rings is 1. The molecule has 0 amide bonds. The van der Waals surface area contributed by atoms with E-state index in [-0.39, 0.29) is 0 Å². The molecule has 0 atom stereocenters. The van der Waals surface area contributed by atoms with Gasteiger partial charge in [0.25, 0.3) is 0 Å². The molecule has 0 fully saturated rings. The van der Waals surface area contributed by atoms with Gasteiger partial charge in [0.1, 0.15) is 5.82 Å². The predicted octanol–water partition coefficient (Wildman–Crippen LogP) is 2.89. The van der Waals surface area contributed by atoms with Crippen LogP contribution in [0.5, 0.6) is 0 Å². The van der Waals surface area contributed by atoms with Crippen molar-refractivity contribution in [3.05, 3.63) is 41.7 Å². The number of hydrogen-bond acceptors (Lipinski definition) is 2. The summed E-state index contributed by atoms with van der Waals surface area (Å²) in [4.78, 5) is 4.40. The maximum atomic E-state index is 4.40. The van der Waals surface area contributed by atoms with Crippen molar-refractivity contribution in [2.45, 2.75) is 33.4 Å². The average molecular weight is 243 g/mol. The standard InChI is InChI=1S/C15H21N3/c1-11(2)17-10-13-5-6-14(12(3)9-13)15-16-7-8-18(15)4/h5-9,11,17H,10H2,1-4H3. The summed E-state index contributed by atoms with van der Waals surface area (Å²) in [5.41, 5.74) is 3.79. The molecule has 0 saturated carbocycles. The van der Waals surface area contributed by atoms with E-state index in [1.54, 1.807) is 0 Å². The molecule has 1 heterocycles. The first-order valence-electron chi connectivity index (χ1n) is 6.38. The van der Waals surface area contributed by atoms with Crippen LogP contribution in [0.2, 0.25) is 0 Å². The van der Waals surface area contributed by atoms with Crippen molar-refractivity contribution in [3.63, 3.8) is 0 Å². The minimum absolute atomic E-state index is 0.513. The van der Waals surface area contributed by atoms with E-state index in [1.807, 2.05) is 24.0 Å². The molecule has 0 spiro atoms. The highest BCUT2D eigenvalue weighted by molar-refractivity contribution is 5.61. The summed E-state index contributed by atoms with van der Waals surface area (Å²) >= 11 is 0. The van der Waals surface area contributed by atoms with Gasteiger partial charge in [-0.15, -0.1) is 0 Å². The Bertz CT molecular complexity index is 526. The van der Waals surface area contributed by atoms with E-state index in [1.165, 1.54) is 16.7 Å². The molecule has 0 aliphatic heterocycles. The van der Waals surface area contributed by atoms with Crippen LogP contribution in [-0.4, -0.2) is 15.6 Å². The molecule has 2 rings (SSSR count). The Balaban J connectivity index is 2.23. The van der Waals surface area contributed by atoms with Crippen LogP contribution in [0.4, 0.5) is 0 Å². The number of nitrogens with one attached hydrogen (secondary N) is 1. The fourth-order valence-electron chi connectivity index (χ4n) is 2.03. The second-order valence-electron chi connectivity index (χ2n) is 5.05. The smallest absolute Gasteiger partial charge is 0.139 e. The van der Waals surface area contributed by atoms with E-state index in [4.69, 9.17) is 0 Å². The van der Waals surface area contributed by atoms with E-state index in [0.29, 0.717) is 6.04 Å². The molecular weight excluding hydrogens is 222 g/mol. The van der Waals surface area contributed by atoms with Crippen molar-refractivity contribution in [3.8, 4) is 11.4 Å². The lowest BCUT2D eigenvalue weighted by atomic mass is 10.0. The lowest BCUT2D eigenvalue weighted by Crippen LogP contribution is -2.21. The molecular formula is C15H21N3. The summed E-state index contributed by atoms with van der Waals surface area (Å²) in [6, 6.07) is 7.08. The van der Waals surface area contributed by atoms with Gasteiger partial charge in [-0.3, -0.25) is 0 Å². The van der Waals surface area contributed by atoms with Crippen molar-refractivity contribution in [1.29, 1.82) is 0 Å². The summed E-state index contributed by atoms with van der Waals surface area (Å²) in [5, 5.41) is 3.43. The predicted molar refractivity (Wildman–Crippen MR) is 75.4 cm³/mol. The Morgan fingerprint density at radius 3 is 2.67 bits per heavy atom. The molecule has 1 aromatic carbocycles. The largest absolute Gasteiger partial charge is 0.334 e. The van der Waals surface area contributed by atoms with Gasteiger partial charge in [-0.2, -0.15) is 0 Å².